The highest BCUT2D eigenvalue weighted by Crippen LogP contribution is 2.40. The average molecular weight is 411 g/mol. The summed E-state index contributed by atoms with van der Waals surface area (Å²) in [7, 11) is 0. The van der Waals surface area contributed by atoms with Crippen LogP contribution >= 0.6 is 24.0 Å². The van der Waals surface area contributed by atoms with Crippen LogP contribution < -0.4 is 10.1 Å². The lowest BCUT2D eigenvalue weighted by atomic mass is 9.98. The van der Waals surface area contributed by atoms with Crippen LogP contribution in [0.1, 0.15) is 11.6 Å². The minimum Gasteiger partial charge on any atom is -0.404 e. The molecule has 0 amide bonds. The topological polar surface area (TPSA) is 44.7 Å². The van der Waals surface area contributed by atoms with Crippen LogP contribution in [0.5, 0.6) is 5.75 Å². The number of halogens is 7. The molecule has 1 atom stereocenters. The molecule has 2 N–H and O–H groups in total. The Morgan fingerprint density at radius 3 is 2.28 bits per heavy atom. The predicted octanol–water partition coefficient (Wildman–Crippen LogP) is 3.23. The fourth-order valence-corrected chi connectivity index (χ4v) is 2.87. The van der Waals surface area contributed by atoms with Crippen molar-refractivity contribution in [3.8, 4) is 5.75 Å². The first kappa shape index (κ1) is 22.2. The second-order valence-electron chi connectivity index (χ2n) is 5.35. The zero-order chi connectivity index (χ0) is 18.0. The van der Waals surface area contributed by atoms with Gasteiger partial charge >= 0.3 is 6.36 Å². The number of hydrogen-bond donors (Lipinski definition) is 2. The molecule has 1 aliphatic rings. The van der Waals surface area contributed by atoms with Crippen molar-refractivity contribution in [2.24, 2.45) is 0 Å². The molecule has 25 heavy (non-hydrogen) atoms. The minimum absolute atomic E-state index is 0. The molecule has 0 bridgehead atoms. The first-order chi connectivity index (χ1) is 11.1. The van der Waals surface area contributed by atoms with Crippen molar-refractivity contribution in [3.63, 3.8) is 0 Å². The van der Waals surface area contributed by atoms with Crippen LogP contribution in [-0.2, 0) is 0 Å². The second kappa shape index (κ2) is 8.68. The number of piperazine rings is 1. The van der Waals surface area contributed by atoms with E-state index in [1.54, 1.807) is 0 Å². The van der Waals surface area contributed by atoms with Crippen LogP contribution in [0.25, 0.3) is 0 Å². The highest BCUT2D eigenvalue weighted by atomic mass is 35.5. The molecule has 1 saturated heterocycles. The van der Waals surface area contributed by atoms with E-state index >= 15 is 0 Å². The molecule has 1 heterocycles. The Bertz CT molecular complexity index is 569. The Morgan fingerprint density at radius 2 is 1.80 bits per heavy atom. The molecule has 0 aliphatic carbocycles. The van der Waals surface area contributed by atoms with Gasteiger partial charge in [-0.25, -0.2) is 8.78 Å². The quantitative estimate of drug-likeness (QED) is 0.731. The number of nitrogens with zero attached hydrogens (tertiary/aromatic N) is 1. The Morgan fingerprint density at radius 1 is 1.20 bits per heavy atom. The normalized spacial score (nSPS) is 17.7. The molecule has 0 spiro atoms. The van der Waals surface area contributed by atoms with Crippen molar-refractivity contribution in [3.05, 3.63) is 28.8 Å². The molecule has 4 nitrogen and oxygen atoms in total. The van der Waals surface area contributed by atoms with Crippen LogP contribution in [0, 0.1) is 0 Å². The molecule has 144 valence electrons. The van der Waals surface area contributed by atoms with Crippen LogP contribution in [0.4, 0.5) is 22.0 Å². The van der Waals surface area contributed by atoms with Crippen molar-refractivity contribution < 1.29 is 31.8 Å². The lowest BCUT2D eigenvalue weighted by Crippen LogP contribution is -2.51. The van der Waals surface area contributed by atoms with Crippen molar-refractivity contribution in [2.75, 3.05) is 32.8 Å². The molecule has 2 rings (SSSR count). The van der Waals surface area contributed by atoms with Crippen LogP contribution in [0.2, 0.25) is 5.02 Å². The molecule has 0 aromatic heterocycles. The van der Waals surface area contributed by atoms with Gasteiger partial charge in [0.05, 0.1) is 5.02 Å². The molecule has 0 unspecified atom stereocenters. The predicted molar refractivity (Wildman–Crippen MR) is 84.6 cm³/mol. The summed E-state index contributed by atoms with van der Waals surface area (Å²) < 4.78 is 69.0. The Hall–Kier alpha value is -0.870. The molecule has 1 aliphatic heterocycles. The number of benzene rings is 1. The van der Waals surface area contributed by atoms with Crippen LogP contribution in [-0.4, -0.2) is 55.1 Å². The van der Waals surface area contributed by atoms with Crippen LogP contribution in [0.3, 0.4) is 0 Å². The molecule has 0 radical (unpaired) electrons. The van der Waals surface area contributed by atoms with Crippen molar-refractivity contribution in [1.29, 1.82) is 0 Å². The number of aliphatic hydroxyl groups is 1. The zero-order valence-corrected chi connectivity index (χ0v) is 14.4. The third kappa shape index (κ3) is 5.82. The molecular weight excluding hydrogens is 394 g/mol. The first-order valence-corrected chi connectivity index (χ1v) is 7.50. The Balaban J connectivity index is 0.00000312. The first-order valence-electron chi connectivity index (χ1n) is 7.13. The van der Waals surface area contributed by atoms with Gasteiger partial charge in [-0.2, -0.15) is 0 Å². The monoisotopic (exact) mass is 410 g/mol. The fraction of sp³-hybridized carbons (Fsp3) is 0.571. The summed E-state index contributed by atoms with van der Waals surface area (Å²) in [6, 6.07) is 1.51. The van der Waals surface area contributed by atoms with Crippen molar-refractivity contribution in [1.82, 2.24) is 10.2 Å². The van der Waals surface area contributed by atoms with Crippen LogP contribution in [0.15, 0.2) is 18.2 Å². The third-order valence-corrected chi connectivity index (χ3v) is 3.92. The molecule has 1 aromatic rings. The second-order valence-corrected chi connectivity index (χ2v) is 5.75. The smallest absolute Gasteiger partial charge is 0.404 e. The van der Waals surface area contributed by atoms with Gasteiger partial charge in [0.1, 0.15) is 18.4 Å². The summed E-state index contributed by atoms with van der Waals surface area (Å²) in [6.07, 6.45) is -4.93. The summed E-state index contributed by atoms with van der Waals surface area (Å²) >= 11 is 5.75. The minimum atomic E-state index is -4.93. The lowest BCUT2D eigenvalue weighted by molar-refractivity contribution is -0.274. The van der Waals surface area contributed by atoms with Gasteiger partial charge < -0.3 is 15.2 Å². The van der Waals surface area contributed by atoms with Gasteiger partial charge in [0, 0.05) is 26.2 Å². The van der Waals surface area contributed by atoms with E-state index in [9.17, 15) is 22.0 Å². The molecule has 0 saturated carbocycles. The summed E-state index contributed by atoms with van der Waals surface area (Å²) in [6.45, 7) is 0.194. The Kier molecular flexibility index (Phi) is 7.70. The van der Waals surface area contributed by atoms with E-state index in [4.69, 9.17) is 16.7 Å². The molecule has 1 aromatic carbocycles. The van der Waals surface area contributed by atoms with Crippen molar-refractivity contribution >= 4 is 24.0 Å². The molecule has 1 fully saturated rings. The summed E-state index contributed by atoms with van der Waals surface area (Å²) in [5.74, 6) is -4.15. The van der Waals surface area contributed by atoms with Gasteiger partial charge in [0.2, 0.25) is 0 Å². The number of ether oxygens (including phenoxy) is 1. The van der Waals surface area contributed by atoms with E-state index in [2.05, 4.69) is 10.1 Å². The van der Waals surface area contributed by atoms with Gasteiger partial charge in [-0.3, -0.25) is 4.90 Å². The standard InChI is InChI=1S/C14H16ClF5N2O2.ClH/c15-10-7-9(1-2-11(10)24-14(18,19)20)12(13(16,17)8-23)22-5-3-21-4-6-22;/h1-2,7,12,21,23H,3-6,8H2;1H/t12-;/m1./s1. The molecule has 11 heteroatoms. The van der Waals surface area contributed by atoms with Gasteiger partial charge in [-0.15, -0.1) is 25.6 Å². The van der Waals surface area contributed by atoms with Gasteiger partial charge in [0.15, 0.2) is 0 Å². The van der Waals surface area contributed by atoms with E-state index in [1.807, 2.05) is 0 Å². The van der Waals surface area contributed by atoms with Crippen molar-refractivity contribution in [2.45, 2.75) is 18.3 Å². The van der Waals surface area contributed by atoms with Gasteiger partial charge in [-0.1, -0.05) is 17.7 Å². The number of nitrogens with one attached hydrogen (secondary N) is 1. The highest BCUT2D eigenvalue weighted by Gasteiger charge is 2.44. The average Bonchev–Trinajstić information content (AvgIpc) is 2.50. The number of rotatable bonds is 5. The Labute approximate surface area is 152 Å². The van der Waals surface area contributed by atoms with E-state index in [0.29, 0.717) is 26.2 Å². The van der Waals surface area contributed by atoms with E-state index in [1.165, 1.54) is 4.90 Å². The largest absolute Gasteiger partial charge is 0.573 e. The SMILES string of the molecule is Cl.OCC(F)(F)[C@@H](c1ccc(OC(F)(F)F)c(Cl)c1)N1CCNCC1. The van der Waals surface area contributed by atoms with E-state index < -0.39 is 35.7 Å². The number of hydrogen-bond acceptors (Lipinski definition) is 4. The summed E-state index contributed by atoms with van der Waals surface area (Å²) in [5.41, 5.74) is 0.00970. The summed E-state index contributed by atoms with van der Waals surface area (Å²) in [5, 5.41) is 11.6. The van der Waals surface area contributed by atoms with E-state index in [-0.39, 0.29) is 18.0 Å². The summed E-state index contributed by atoms with van der Waals surface area (Å²) in [4.78, 5) is 1.46. The number of aliphatic hydroxyl groups excluding tert-OH is 1. The van der Waals surface area contributed by atoms with Gasteiger partial charge in [-0.05, 0) is 17.7 Å². The number of alkyl halides is 5. The maximum absolute atomic E-state index is 14.2. The lowest BCUT2D eigenvalue weighted by Gasteiger charge is -2.38. The third-order valence-electron chi connectivity index (χ3n) is 3.62. The van der Waals surface area contributed by atoms with E-state index in [0.717, 1.165) is 18.2 Å². The zero-order valence-electron chi connectivity index (χ0n) is 12.8. The maximum atomic E-state index is 14.2. The molecular formula is C14H17Cl2F5N2O2. The highest BCUT2D eigenvalue weighted by molar-refractivity contribution is 6.32. The van der Waals surface area contributed by atoms with Gasteiger partial charge in [0.25, 0.3) is 5.92 Å². The maximum Gasteiger partial charge on any atom is 0.573 e. The fourth-order valence-electron chi connectivity index (χ4n) is 2.64.